The first-order valence-corrected chi connectivity index (χ1v) is 12.4. The van der Waals surface area contributed by atoms with Crippen LogP contribution in [0.15, 0.2) is 30.6 Å². The third-order valence-electron chi connectivity index (χ3n) is 6.43. The quantitative estimate of drug-likeness (QED) is 0.518. The first kappa shape index (κ1) is 26.3. The lowest BCUT2D eigenvalue weighted by Gasteiger charge is -2.40. The van der Waals surface area contributed by atoms with Gasteiger partial charge in [-0.15, -0.1) is 0 Å². The van der Waals surface area contributed by atoms with Gasteiger partial charge in [0.25, 0.3) is 18.2 Å². The Hall–Kier alpha value is -2.72. The minimum Gasteiger partial charge on any atom is -0.460 e. The Morgan fingerprint density at radius 1 is 1.17 bits per heavy atom. The minimum absolute atomic E-state index is 0.0397. The molecule has 2 fully saturated rings. The maximum Gasteiger partial charge on any atom is 0.263 e. The highest BCUT2D eigenvalue weighted by Crippen LogP contribution is 2.39. The van der Waals surface area contributed by atoms with Gasteiger partial charge in [0.05, 0.1) is 17.1 Å². The summed E-state index contributed by atoms with van der Waals surface area (Å²) in [5.41, 5.74) is -0.977. The molecule has 2 amide bonds. The van der Waals surface area contributed by atoms with Gasteiger partial charge in [-0.3, -0.25) is 9.59 Å². The van der Waals surface area contributed by atoms with Gasteiger partial charge in [-0.1, -0.05) is 23.2 Å². The normalized spacial score (nSPS) is 21.4. The molecule has 36 heavy (non-hydrogen) atoms. The number of hydrogen-bond donors (Lipinski definition) is 2. The van der Waals surface area contributed by atoms with E-state index in [9.17, 15) is 18.4 Å². The molecule has 4 rings (SSSR count). The van der Waals surface area contributed by atoms with Gasteiger partial charge in [-0.05, 0) is 57.7 Å². The molecule has 0 spiro atoms. The van der Waals surface area contributed by atoms with Crippen LogP contribution in [-0.2, 0) is 4.79 Å². The van der Waals surface area contributed by atoms with Crippen LogP contribution in [0.2, 0.25) is 10.0 Å². The number of hydrogen-bond acceptors (Lipinski definition) is 6. The summed E-state index contributed by atoms with van der Waals surface area (Å²) in [7, 11) is 0. The van der Waals surface area contributed by atoms with Crippen molar-refractivity contribution in [2.45, 2.75) is 69.7 Å². The fourth-order valence-electron chi connectivity index (χ4n) is 4.74. The van der Waals surface area contributed by atoms with Crippen LogP contribution >= 0.6 is 23.2 Å². The Balaban J connectivity index is 1.36. The number of nitrogens with zero attached hydrogens (tertiary/aromatic N) is 3. The van der Waals surface area contributed by atoms with E-state index in [4.69, 9.17) is 27.9 Å². The van der Waals surface area contributed by atoms with E-state index < -0.39 is 24.5 Å². The number of anilines is 1. The highest BCUT2D eigenvalue weighted by atomic mass is 35.5. The van der Waals surface area contributed by atoms with Crippen molar-refractivity contribution in [2.24, 2.45) is 0 Å². The largest absolute Gasteiger partial charge is 0.460 e. The molecule has 2 aromatic heterocycles. The summed E-state index contributed by atoms with van der Waals surface area (Å²) in [5.74, 6) is 0.00226. The fraction of sp³-hybridized carbons (Fsp3) is 0.500. The van der Waals surface area contributed by atoms with Gasteiger partial charge in [0.1, 0.15) is 10.8 Å². The standard InChI is InChI=1S/C24H27Cl2F2N5O3/c1-24(2,36-22-18(26)7-14(25)11-31-22)23(35)32-15-8-16-4-5-17(9-15)33(16)20-6-3-13(10-29-20)21(34)30-12-19(27)28/h3,6-7,10-11,15-17,19H,4-5,8-9,12H2,1-2H3,(H,30,34)(H,32,35). The van der Waals surface area contributed by atoms with Crippen molar-refractivity contribution < 1.29 is 23.1 Å². The molecule has 2 aromatic rings. The van der Waals surface area contributed by atoms with Gasteiger partial charge in [0.15, 0.2) is 5.60 Å². The van der Waals surface area contributed by atoms with Gasteiger partial charge >= 0.3 is 0 Å². The van der Waals surface area contributed by atoms with Crippen molar-refractivity contribution in [3.05, 3.63) is 46.2 Å². The first-order chi connectivity index (χ1) is 17.0. The molecular weight excluding hydrogens is 515 g/mol. The van der Waals surface area contributed by atoms with Gasteiger partial charge < -0.3 is 20.3 Å². The Kier molecular flexibility index (Phi) is 7.85. The molecule has 2 bridgehead atoms. The number of piperidine rings is 1. The number of ether oxygens (including phenoxy) is 1. The van der Waals surface area contributed by atoms with Crippen LogP contribution < -0.4 is 20.3 Å². The lowest BCUT2D eigenvalue weighted by molar-refractivity contribution is -0.135. The average molecular weight is 542 g/mol. The lowest BCUT2D eigenvalue weighted by Crippen LogP contribution is -2.55. The van der Waals surface area contributed by atoms with Crippen molar-refractivity contribution in [2.75, 3.05) is 11.4 Å². The highest BCUT2D eigenvalue weighted by molar-refractivity contribution is 6.35. The van der Waals surface area contributed by atoms with Crippen LogP contribution in [0.25, 0.3) is 0 Å². The van der Waals surface area contributed by atoms with Crippen LogP contribution in [0.1, 0.15) is 49.9 Å². The molecule has 2 atom stereocenters. The van der Waals surface area contributed by atoms with Crippen molar-refractivity contribution in [1.82, 2.24) is 20.6 Å². The van der Waals surface area contributed by atoms with E-state index in [1.165, 1.54) is 18.5 Å². The van der Waals surface area contributed by atoms with E-state index in [1.807, 2.05) is 0 Å². The zero-order valence-electron chi connectivity index (χ0n) is 19.8. The van der Waals surface area contributed by atoms with Crippen LogP contribution in [-0.4, -0.2) is 58.5 Å². The Bertz CT molecular complexity index is 1110. The molecule has 2 aliphatic heterocycles. The number of alkyl halides is 2. The summed E-state index contributed by atoms with van der Waals surface area (Å²) in [6, 6.07) is 5.15. The smallest absolute Gasteiger partial charge is 0.263 e. The number of fused-ring (bicyclic) bond motifs is 2. The second-order valence-corrected chi connectivity index (χ2v) is 10.3. The van der Waals surface area contributed by atoms with Crippen LogP contribution in [0.5, 0.6) is 5.88 Å². The average Bonchev–Trinajstić information content (AvgIpc) is 3.09. The predicted molar refractivity (Wildman–Crippen MR) is 132 cm³/mol. The van der Waals surface area contributed by atoms with Crippen molar-refractivity contribution in [1.29, 1.82) is 0 Å². The second-order valence-electron chi connectivity index (χ2n) is 9.49. The Morgan fingerprint density at radius 3 is 2.44 bits per heavy atom. The highest BCUT2D eigenvalue weighted by Gasteiger charge is 2.43. The number of aromatic nitrogens is 2. The number of carbonyl (C=O) groups excluding carboxylic acids is 2. The van der Waals surface area contributed by atoms with Crippen molar-refractivity contribution >= 4 is 40.8 Å². The summed E-state index contributed by atoms with van der Waals surface area (Å²) >= 11 is 12.0. The summed E-state index contributed by atoms with van der Waals surface area (Å²) in [6.07, 6.45) is 3.58. The fourth-order valence-corrected chi connectivity index (χ4v) is 5.16. The molecule has 2 saturated heterocycles. The minimum atomic E-state index is -2.61. The van der Waals surface area contributed by atoms with Crippen LogP contribution in [0.4, 0.5) is 14.6 Å². The van der Waals surface area contributed by atoms with Crippen molar-refractivity contribution in [3.63, 3.8) is 0 Å². The summed E-state index contributed by atoms with van der Waals surface area (Å²) in [4.78, 5) is 35.8. The number of rotatable bonds is 8. The van der Waals surface area contributed by atoms with E-state index in [0.29, 0.717) is 5.02 Å². The molecule has 0 saturated carbocycles. The van der Waals surface area contributed by atoms with Crippen LogP contribution in [0.3, 0.4) is 0 Å². The topological polar surface area (TPSA) is 96.5 Å². The van der Waals surface area contributed by atoms with E-state index in [0.717, 1.165) is 31.5 Å². The Labute approximate surface area is 217 Å². The first-order valence-electron chi connectivity index (χ1n) is 11.6. The molecule has 4 heterocycles. The molecule has 12 heteroatoms. The number of nitrogens with one attached hydrogen (secondary N) is 2. The lowest BCUT2D eigenvalue weighted by atomic mass is 9.96. The number of amides is 2. The summed E-state index contributed by atoms with van der Waals surface area (Å²) in [5, 5.41) is 5.88. The molecule has 2 N–H and O–H groups in total. The van der Waals surface area contributed by atoms with E-state index in [2.05, 4.69) is 25.5 Å². The molecule has 0 radical (unpaired) electrons. The predicted octanol–water partition coefficient (Wildman–Crippen LogP) is 4.25. The zero-order valence-corrected chi connectivity index (χ0v) is 21.3. The van der Waals surface area contributed by atoms with Gasteiger partial charge in [0.2, 0.25) is 5.88 Å². The third-order valence-corrected chi connectivity index (χ3v) is 6.91. The molecule has 8 nitrogen and oxygen atoms in total. The summed E-state index contributed by atoms with van der Waals surface area (Å²) < 4.78 is 30.5. The number of carbonyl (C=O) groups is 2. The van der Waals surface area contributed by atoms with E-state index >= 15 is 0 Å². The zero-order chi connectivity index (χ0) is 26.0. The van der Waals surface area contributed by atoms with E-state index in [1.54, 1.807) is 26.0 Å². The molecular formula is C24H27Cl2F2N5O3. The number of pyridine rings is 2. The monoisotopic (exact) mass is 541 g/mol. The molecule has 194 valence electrons. The molecule has 0 aromatic carbocycles. The maximum absolute atomic E-state index is 13.1. The third kappa shape index (κ3) is 5.98. The van der Waals surface area contributed by atoms with Gasteiger partial charge in [0, 0.05) is 30.5 Å². The maximum atomic E-state index is 13.1. The second kappa shape index (κ2) is 10.7. The molecule has 0 aliphatic carbocycles. The Morgan fingerprint density at radius 2 is 1.86 bits per heavy atom. The SMILES string of the molecule is CC(C)(Oc1ncc(Cl)cc1Cl)C(=O)NC1CC2CCC(C1)N2c1ccc(C(=O)NCC(F)F)cn1. The van der Waals surface area contributed by atoms with Crippen molar-refractivity contribution in [3.8, 4) is 5.88 Å². The van der Waals surface area contributed by atoms with E-state index in [-0.39, 0.29) is 40.5 Å². The van der Waals surface area contributed by atoms with Gasteiger partial charge in [-0.25, -0.2) is 18.7 Å². The van der Waals surface area contributed by atoms with Crippen LogP contribution in [0, 0.1) is 0 Å². The molecule has 2 unspecified atom stereocenters. The molecule has 2 aliphatic rings. The summed E-state index contributed by atoms with van der Waals surface area (Å²) in [6.45, 7) is 2.61. The number of halogens is 4. The van der Waals surface area contributed by atoms with Gasteiger partial charge in [-0.2, -0.15) is 0 Å².